The molecular formula is C28H26F5N3O3. The third-order valence-corrected chi connectivity index (χ3v) is 7.17. The first-order chi connectivity index (χ1) is 18.7. The monoisotopic (exact) mass is 547 g/mol. The summed E-state index contributed by atoms with van der Waals surface area (Å²) in [7, 11) is 1.44. The van der Waals surface area contributed by atoms with Gasteiger partial charge < -0.3 is 4.74 Å². The number of halogens is 5. The Morgan fingerprint density at radius 3 is 2.49 bits per heavy atom. The Hall–Kier alpha value is -3.75. The van der Waals surface area contributed by atoms with Crippen molar-refractivity contribution in [3.05, 3.63) is 70.9 Å². The maximum Gasteiger partial charge on any atom is 0.249 e. The lowest BCUT2D eigenvalue weighted by Crippen LogP contribution is -2.48. The number of alkyl halides is 1. The first-order valence-corrected chi connectivity index (χ1v) is 12.2. The minimum Gasteiger partial charge on any atom is -0.497 e. The van der Waals surface area contributed by atoms with Crippen LogP contribution in [0.1, 0.15) is 43.0 Å². The highest BCUT2D eigenvalue weighted by molar-refractivity contribution is 5.84. The minimum absolute atomic E-state index is 0.0140. The summed E-state index contributed by atoms with van der Waals surface area (Å²) in [6, 6.07) is 6.36. The summed E-state index contributed by atoms with van der Waals surface area (Å²) < 4.78 is 75.3. The molecule has 1 fully saturated rings. The number of fused-ring (bicyclic) bond motifs is 1. The van der Waals surface area contributed by atoms with Crippen molar-refractivity contribution in [3.8, 4) is 17.6 Å². The summed E-state index contributed by atoms with van der Waals surface area (Å²) in [6.45, 7) is 0.948. The number of rotatable bonds is 7. The Bertz CT molecular complexity index is 1410. The van der Waals surface area contributed by atoms with Crippen LogP contribution in [0.3, 0.4) is 0 Å². The number of nitrogens with one attached hydrogen (secondary N) is 1. The molecule has 2 N–H and O–H groups in total. The van der Waals surface area contributed by atoms with Crippen LogP contribution in [0.2, 0.25) is 0 Å². The van der Waals surface area contributed by atoms with Crippen LogP contribution < -0.4 is 10.2 Å². The number of carbonyl (C=O) groups is 1. The topological polar surface area (TPSA) is 74.7 Å². The molecule has 6 nitrogen and oxygen atoms in total. The number of hydrogen-bond acceptors (Lipinski definition) is 5. The number of aromatic nitrogens is 1. The number of likely N-dealkylation sites (tertiary alicyclic amines) is 1. The van der Waals surface area contributed by atoms with E-state index in [0.717, 1.165) is 18.3 Å². The fraction of sp³-hybridized carbons (Fsp3) is 0.357. The van der Waals surface area contributed by atoms with Crippen molar-refractivity contribution in [2.75, 3.05) is 26.7 Å². The summed E-state index contributed by atoms with van der Waals surface area (Å²) >= 11 is 0. The molecule has 0 saturated carbocycles. The molecule has 1 aliphatic rings. The van der Waals surface area contributed by atoms with E-state index >= 15 is 4.39 Å². The van der Waals surface area contributed by atoms with Gasteiger partial charge in [0, 0.05) is 29.6 Å². The summed E-state index contributed by atoms with van der Waals surface area (Å²) in [5, 5.41) is 9.65. The average Bonchev–Trinajstić information content (AvgIpc) is 2.94. The van der Waals surface area contributed by atoms with Gasteiger partial charge in [0.2, 0.25) is 5.91 Å². The number of carbonyl (C=O) groups excluding carboxylic acids is 1. The molecule has 1 atom stereocenters. The molecule has 0 aliphatic carbocycles. The van der Waals surface area contributed by atoms with Crippen molar-refractivity contribution in [3.63, 3.8) is 0 Å². The van der Waals surface area contributed by atoms with Crippen LogP contribution in [0.4, 0.5) is 22.0 Å². The largest absolute Gasteiger partial charge is 0.497 e. The van der Waals surface area contributed by atoms with Crippen molar-refractivity contribution in [2.24, 2.45) is 5.41 Å². The van der Waals surface area contributed by atoms with Crippen molar-refractivity contribution >= 4 is 16.8 Å². The number of pyridine rings is 1. The lowest BCUT2D eigenvalue weighted by atomic mass is 9.73. The molecule has 0 bridgehead atoms. The quantitative estimate of drug-likeness (QED) is 0.139. The predicted molar refractivity (Wildman–Crippen MR) is 133 cm³/mol. The van der Waals surface area contributed by atoms with Gasteiger partial charge in [0.25, 0.3) is 0 Å². The van der Waals surface area contributed by atoms with Gasteiger partial charge in [-0.25, -0.2) is 27.4 Å². The summed E-state index contributed by atoms with van der Waals surface area (Å²) in [4.78, 5) is 18.6. The molecule has 0 unspecified atom stereocenters. The molecule has 11 heteroatoms. The number of methoxy groups -OCH3 is 1. The molecule has 0 spiro atoms. The zero-order valence-electron chi connectivity index (χ0n) is 21.0. The van der Waals surface area contributed by atoms with Crippen LogP contribution >= 0.6 is 0 Å². The molecule has 1 aromatic heterocycles. The van der Waals surface area contributed by atoms with Crippen molar-refractivity contribution < 1.29 is 36.7 Å². The second-order valence-electron chi connectivity index (χ2n) is 9.46. The summed E-state index contributed by atoms with van der Waals surface area (Å²) in [5.41, 5.74) is 0.806. The molecule has 1 saturated heterocycles. The van der Waals surface area contributed by atoms with Crippen molar-refractivity contribution in [1.82, 2.24) is 15.4 Å². The summed E-state index contributed by atoms with van der Waals surface area (Å²) in [5.74, 6) is 0.0904. The number of piperidine rings is 1. The van der Waals surface area contributed by atoms with Crippen molar-refractivity contribution in [1.29, 1.82) is 0 Å². The molecule has 4 rings (SSSR count). The molecular weight excluding hydrogens is 521 g/mol. The number of benzene rings is 2. The van der Waals surface area contributed by atoms with Crippen LogP contribution in [0.25, 0.3) is 10.9 Å². The Balaban J connectivity index is 1.44. The highest BCUT2D eigenvalue weighted by Gasteiger charge is 2.41. The molecule has 2 aromatic carbocycles. The first kappa shape index (κ1) is 28.3. The van der Waals surface area contributed by atoms with Gasteiger partial charge >= 0.3 is 0 Å². The van der Waals surface area contributed by atoms with Crippen LogP contribution in [-0.4, -0.2) is 47.7 Å². The average molecular weight is 548 g/mol. The van der Waals surface area contributed by atoms with Crippen LogP contribution in [0, 0.1) is 40.5 Å². The smallest absolute Gasteiger partial charge is 0.249 e. The Kier molecular flexibility index (Phi) is 8.67. The lowest BCUT2D eigenvalue weighted by molar-refractivity contribution is -0.143. The maximum atomic E-state index is 15.5. The van der Waals surface area contributed by atoms with Gasteiger partial charge in [0.15, 0.2) is 17.5 Å². The maximum absolute atomic E-state index is 15.5. The van der Waals surface area contributed by atoms with Gasteiger partial charge in [-0.15, -0.1) is 0 Å². The second kappa shape index (κ2) is 12.0. The Morgan fingerprint density at radius 1 is 1.15 bits per heavy atom. The molecule has 0 radical (unpaired) electrons. The van der Waals surface area contributed by atoms with E-state index in [4.69, 9.17) is 4.74 Å². The van der Waals surface area contributed by atoms with E-state index in [1.807, 2.05) is 4.90 Å². The standard InChI is InChI=1S/C28H26F5N3O3/c1-39-18-4-5-24-19(15-18)25(23(32)16-34-24)20(29)6-7-28(27(37)35-38)8-11-36(12-9-28)10-2-3-17-13-21(30)26(33)22(31)14-17/h4-5,13-16,20,38H,6-12H2,1H3,(H,35,37)/t20-/m1/s1. The Morgan fingerprint density at radius 2 is 1.85 bits per heavy atom. The summed E-state index contributed by atoms with van der Waals surface area (Å²) in [6.07, 6.45) is -0.390. The third-order valence-electron chi connectivity index (χ3n) is 7.17. The predicted octanol–water partition coefficient (Wildman–Crippen LogP) is 5.23. The normalized spacial score (nSPS) is 15.9. The van der Waals surface area contributed by atoms with Gasteiger partial charge in [-0.1, -0.05) is 11.8 Å². The molecule has 3 aromatic rings. The fourth-order valence-corrected chi connectivity index (χ4v) is 4.89. The van der Waals surface area contributed by atoms with E-state index in [1.54, 1.807) is 17.6 Å². The Labute approximate surface area is 221 Å². The number of ether oxygens (including phenoxy) is 1. The van der Waals surface area contributed by atoms with E-state index in [2.05, 4.69) is 16.8 Å². The number of hydrogen-bond donors (Lipinski definition) is 2. The SMILES string of the molecule is COc1ccc2ncc(F)c([C@H](F)CCC3(C(=O)NO)CCN(CC#Cc4cc(F)c(F)c(F)c4)CC3)c2c1. The number of hydroxylamine groups is 1. The first-order valence-electron chi connectivity index (χ1n) is 12.2. The fourth-order valence-electron chi connectivity index (χ4n) is 4.89. The van der Waals surface area contributed by atoms with Crippen molar-refractivity contribution in [2.45, 2.75) is 31.9 Å². The van der Waals surface area contributed by atoms with Gasteiger partial charge in [-0.3, -0.25) is 19.9 Å². The zero-order valence-corrected chi connectivity index (χ0v) is 21.0. The van der Waals surface area contributed by atoms with Gasteiger partial charge in [0.05, 0.1) is 30.8 Å². The molecule has 1 aliphatic heterocycles. The van der Waals surface area contributed by atoms with Crippen LogP contribution in [0.15, 0.2) is 36.5 Å². The van der Waals surface area contributed by atoms with E-state index in [9.17, 15) is 27.6 Å². The molecule has 39 heavy (non-hydrogen) atoms. The molecule has 1 amide bonds. The highest BCUT2D eigenvalue weighted by atomic mass is 19.2. The third kappa shape index (κ3) is 6.13. The number of amides is 1. The van der Waals surface area contributed by atoms with E-state index < -0.39 is 40.8 Å². The van der Waals surface area contributed by atoms with Gasteiger partial charge in [-0.05, 0) is 56.0 Å². The highest BCUT2D eigenvalue weighted by Crippen LogP contribution is 2.41. The zero-order chi connectivity index (χ0) is 28.2. The molecule has 206 valence electrons. The lowest BCUT2D eigenvalue weighted by Gasteiger charge is -2.39. The van der Waals surface area contributed by atoms with E-state index in [1.165, 1.54) is 13.2 Å². The van der Waals surface area contributed by atoms with E-state index in [-0.39, 0.29) is 48.7 Å². The van der Waals surface area contributed by atoms with Gasteiger partial charge in [-0.2, -0.15) is 0 Å². The van der Waals surface area contributed by atoms with Gasteiger partial charge in [0.1, 0.15) is 17.7 Å². The second-order valence-corrected chi connectivity index (χ2v) is 9.46. The number of nitrogens with zero attached hydrogens (tertiary/aromatic N) is 2. The molecule has 2 heterocycles. The van der Waals surface area contributed by atoms with Crippen LogP contribution in [0.5, 0.6) is 5.75 Å². The van der Waals surface area contributed by atoms with E-state index in [0.29, 0.717) is 24.4 Å². The van der Waals surface area contributed by atoms with Crippen LogP contribution in [-0.2, 0) is 4.79 Å². The minimum atomic E-state index is -1.74.